The van der Waals surface area contributed by atoms with Crippen LogP contribution >= 0.6 is 15.9 Å². The Morgan fingerprint density at radius 1 is 1.10 bits per heavy atom. The van der Waals surface area contributed by atoms with E-state index in [9.17, 15) is 4.79 Å². The number of methoxy groups -OCH3 is 1. The van der Waals surface area contributed by atoms with Crippen LogP contribution in [-0.4, -0.2) is 12.9 Å². The topological polar surface area (TPSA) is 26.3 Å². The second-order valence-corrected chi connectivity index (χ2v) is 5.87. The highest BCUT2D eigenvalue weighted by molar-refractivity contribution is 9.10. The molecule has 20 heavy (non-hydrogen) atoms. The first-order valence-electron chi connectivity index (χ1n) is 6.51. The maximum atomic E-state index is 12.6. The van der Waals surface area contributed by atoms with Crippen molar-refractivity contribution in [1.29, 1.82) is 0 Å². The second kappa shape index (κ2) is 6.23. The van der Waals surface area contributed by atoms with Crippen LogP contribution in [0.2, 0.25) is 0 Å². The van der Waals surface area contributed by atoms with Crippen molar-refractivity contribution >= 4 is 21.7 Å². The zero-order valence-electron chi connectivity index (χ0n) is 11.8. The monoisotopic (exact) mass is 332 g/mol. The van der Waals surface area contributed by atoms with Gasteiger partial charge in [0.25, 0.3) is 0 Å². The number of carbonyl (C=O) groups excluding carboxylic acids is 1. The first-order chi connectivity index (χ1) is 9.52. The molecule has 0 saturated carbocycles. The molecule has 0 aliphatic carbocycles. The highest BCUT2D eigenvalue weighted by Crippen LogP contribution is 2.26. The molecule has 104 valence electrons. The molecule has 0 radical (unpaired) electrons. The van der Waals surface area contributed by atoms with Gasteiger partial charge in [-0.3, -0.25) is 4.79 Å². The van der Waals surface area contributed by atoms with Crippen LogP contribution in [-0.2, 0) is 0 Å². The molecule has 0 saturated heterocycles. The fourth-order valence-electron chi connectivity index (χ4n) is 2.03. The molecule has 2 aromatic rings. The number of carbonyl (C=O) groups is 1. The summed E-state index contributed by atoms with van der Waals surface area (Å²) in [5, 5.41) is 0. The van der Waals surface area contributed by atoms with Gasteiger partial charge >= 0.3 is 0 Å². The van der Waals surface area contributed by atoms with Crippen LogP contribution < -0.4 is 4.74 Å². The zero-order chi connectivity index (χ0) is 14.7. The van der Waals surface area contributed by atoms with E-state index in [1.54, 1.807) is 19.2 Å². The first kappa shape index (κ1) is 14.8. The highest BCUT2D eigenvalue weighted by Gasteiger charge is 2.15. The Balaban J connectivity index is 2.38. The molecule has 0 N–H and O–H groups in total. The van der Waals surface area contributed by atoms with E-state index in [4.69, 9.17) is 4.74 Å². The third-order valence-electron chi connectivity index (χ3n) is 3.25. The van der Waals surface area contributed by atoms with Crippen molar-refractivity contribution in [3.8, 4) is 5.75 Å². The zero-order valence-corrected chi connectivity index (χ0v) is 13.4. The van der Waals surface area contributed by atoms with Crippen molar-refractivity contribution in [2.45, 2.75) is 19.8 Å². The first-order valence-corrected chi connectivity index (χ1v) is 7.30. The van der Waals surface area contributed by atoms with Gasteiger partial charge < -0.3 is 4.74 Å². The lowest BCUT2D eigenvalue weighted by atomic mass is 9.98. The van der Waals surface area contributed by atoms with Crippen LogP contribution in [0.1, 0.15) is 41.3 Å². The van der Waals surface area contributed by atoms with Gasteiger partial charge in [-0.25, -0.2) is 0 Å². The van der Waals surface area contributed by atoms with E-state index in [-0.39, 0.29) is 5.78 Å². The smallest absolute Gasteiger partial charge is 0.196 e. The summed E-state index contributed by atoms with van der Waals surface area (Å²) < 4.78 is 6.12. The van der Waals surface area contributed by atoms with Crippen LogP contribution in [0.3, 0.4) is 0 Å². The van der Waals surface area contributed by atoms with Gasteiger partial charge in [-0.2, -0.15) is 0 Å². The van der Waals surface area contributed by atoms with Crippen LogP contribution in [0.4, 0.5) is 0 Å². The Morgan fingerprint density at radius 3 is 2.30 bits per heavy atom. The fourth-order valence-corrected chi connectivity index (χ4v) is 2.39. The van der Waals surface area contributed by atoms with Crippen molar-refractivity contribution in [3.63, 3.8) is 0 Å². The fraction of sp³-hybridized carbons (Fsp3) is 0.235. The largest absolute Gasteiger partial charge is 0.496 e. The Morgan fingerprint density at radius 2 is 1.75 bits per heavy atom. The van der Waals surface area contributed by atoms with Gasteiger partial charge in [0.1, 0.15) is 5.75 Å². The van der Waals surface area contributed by atoms with Gasteiger partial charge in [0.05, 0.1) is 12.7 Å². The van der Waals surface area contributed by atoms with E-state index in [1.165, 1.54) is 5.56 Å². The van der Waals surface area contributed by atoms with Crippen molar-refractivity contribution in [2.24, 2.45) is 0 Å². The average molecular weight is 333 g/mol. The number of halogens is 1. The average Bonchev–Trinajstić information content (AvgIpc) is 2.46. The Bertz CT molecular complexity index is 615. The van der Waals surface area contributed by atoms with Gasteiger partial charge in [-0.1, -0.05) is 54.0 Å². The summed E-state index contributed by atoms with van der Waals surface area (Å²) in [6.45, 7) is 4.27. The Labute approximate surface area is 127 Å². The molecule has 2 nitrogen and oxygen atoms in total. The van der Waals surface area contributed by atoms with Crippen molar-refractivity contribution in [2.75, 3.05) is 7.11 Å². The van der Waals surface area contributed by atoms with Gasteiger partial charge in [0.15, 0.2) is 5.78 Å². The minimum Gasteiger partial charge on any atom is -0.496 e. The van der Waals surface area contributed by atoms with Crippen LogP contribution in [0, 0.1) is 0 Å². The molecule has 3 heteroatoms. The molecule has 0 atom stereocenters. The maximum absolute atomic E-state index is 12.6. The summed E-state index contributed by atoms with van der Waals surface area (Å²) in [7, 11) is 1.57. The molecule has 0 aliphatic rings. The molecule has 2 aromatic carbocycles. The molecular weight excluding hydrogens is 316 g/mol. The number of benzene rings is 2. The van der Waals surface area contributed by atoms with E-state index in [0.29, 0.717) is 22.8 Å². The van der Waals surface area contributed by atoms with E-state index >= 15 is 0 Å². The number of ketones is 1. The van der Waals surface area contributed by atoms with E-state index in [2.05, 4.69) is 29.8 Å². The summed E-state index contributed by atoms with van der Waals surface area (Å²) >= 11 is 3.39. The van der Waals surface area contributed by atoms with Crippen LogP contribution in [0.25, 0.3) is 0 Å². The van der Waals surface area contributed by atoms with Crippen molar-refractivity contribution < 1.29 is 9.53 Å². The molecule has 0 fully saturated rings. The summed E-state index contributed by atoms with van der Waals surface area (Å²) in [5.74, 6) is 1.02. The predicted octanol–water partition coefficient (Wildman–Crippen LogP) is 4.81. The predicted molar refractivity (Wildman–Crippen MR) is 84.7 cm³/mol. The van der Waals surface area contributed by atoms with Gasteiger partial charge in [-0.15, -0.1) is 0 Å². The van der Waals surface area contributed by atoms with Crippen molar-refractivity contribution in [3.05, 3.63) is 63.6 Å². The third-order valence-corrected chi connectivity index (χ3v) is 3.74. The summed E-state index contributed by atoms with van der Waals surface area (Å²) in [5.41, 5.74) is 2.47. The third kappa shape index (κ3) is 3.10. The van der Waals surface area contributed by atoms with Crippen LogP contribution in [0.5, 0.6) is 5.75 Å². The lowest BCUT2D eigenvalue weighted by Crippen LogP contribution is -2.04. The lowest BCUT2D eigenvalue weighted by Gasteiger charge is -2.09. The van der Waals surface area contributed by atoms with Crippen LogP contribution in [0.15, 0.2) is 46.9 Å². The number of hydrogen-bond donors (Lipinski definition) is 0. The van der Waals surface area contributed by atoms with Gasteiger partial charge in [-0.05, 0) is 29.7 Å². The lowest BCUT2D eigenvalue weighted by molar-refractivity contribution is 0.103. The molecule has 0 spiro atoms. The SMILES string of the molecule is COc1ccc(Br)cc1C(=O)c1ccc(C(C)C)cc1. The second-order valence-electron chi connectivity index (χ2n) is 4.95. The number of ether oxygens (including phenoxy) is 1. The molecule has 0 bridgehead atoms. The van der Waals surface area contributed by atoms with E-state index in [0.717, 1.165) is 4.47 Å². The van der Waals surface area contributed by atoms with Gasteiger partial charge in [0, 0.05) is 10.0 Å². The minimum atomic E-state index is -0.0292. The normalized spacial score (nSPS) is 10.7. The van der Waals surface area contributed by atoms with E-state index < -0.39 is 0 Å². The molecule has 0 heterocycles. The number of rotatable bonds is 4. The molecule has 0 aromatic heterocycles. The Hall–Kier alpha value is -1.61. The molecule has 0 amide bonds. The molecule has 0 unspecified atom stereocenters. The van der Waals surface area contributed by atoms with Gasteiger partial charge in [0.2, 0.25) is 0 Å². The summed E-state index contributed by atoms with van der Waals surface area (Å²) in [6, 6.07) is 13.2. The molecule has 2 rings (SSSR count). The highest BCUT2D eigenvalue weighted by atomic mass is 79.9. The number of hydrogen-bond acceptors (Lipinski definition) is 2. The maximum Gasteiger partial charge on any atom is 0.196 e. The minimum absolute atomic E-state index is 0.0292. The van der Waals surface area contributed by atoms with E-state index in [1.807, 2.05) is 30.3 Å². The van der Waals surface area contributed by atoms with Crippen molar-refractivity contribution in [1.82, 2.24) is 0 Å². The molecule has 0 aliphatic heterocycles. The Kier molecular flexibility index (Phi) is 4.61. The quantitative estimate of drug-likeness (QED) is 0.751. The summed E-state index contributed by atoms with van der Waals surface area (Å²) in [4.78, 5) is 12.6. The standard InChI is InChI=1S/C17H17BrO2/c1-11(2)12-4-6-13(7-5-12)17(19)15-10-14(18)8-9-16(15)20-3/h4-11H,1-3H3. The summed E-state index contributed by atoms with van der Waals surface area (Å²) in [6.07, 6.45) is 0. The molecular formula is C17H17BrO2.